The van der Waals surface area contributed by atoms with Crippen LogP contribution in [-0.2, 0) is 11.3 Å². The summed E-state index contributed by atoms with van der Waals surface area (Å²) in [4.78, 5) is 27.4. The SMILES string of the molecule is COC(=O)c1ccc(NCc2ccc(C(=O)NC3CC3)cc2)nc1. The second-order valence-corrected chi connectivity index (χ2v) is 5.72. The van der Waals surface area contributed by atoms with Crippen LogP contribution >= 0.6 is 0 Å². The van der Waals surface area contributed by atoms with Crippen molar-refractivity contribution in [3.8, 4) is 0 Å². The lowest BCUT2D eigenvalue weighted by Crippen LogP contribution is -2.25. The molecule has 0 bridgehead atoms. The molecule has 1 fully saturated rings. The smallest absolute Gasteiger partial charge is 0.339 e. The molecule has 2 N–H and O–H groups in total. The Labute approximate surface area is 140 Å². The van der Waals surface area contributed by atoms with Gasteiger partial charge in [0.2, 0.25) is 0 Å². The zero-order valence-electron chi connectivity index (χ0n) is 13.4. The number of aromatic nitrogens is 1. The summed E-state index contributed by atoms with van der Waals surface area (Å²) in [6.07, 6.45) is 3.63. The second kappa shape index (κ2) is 7.12. The molecule has 1 aromatic heterocycles. The predicted molar refractivity (Wildman–Crippen MR) is 89.8 cm³/mol. The molecule has 24 heavy (non-hydrogen) atoms. The minimum absolute atomic E-state index is 0.0166. The van der Waals surface area contributed by atoms with Crippen LogP contribution in [0.4, 0.5) is 5.82 Å². The highest BCUT2D eigenvalue weighted by Crippen LogP contribution is 2.19. The molecule has 0 spiro atoms. The number of amides is 1. The van der Waals surface area contributed by atoms with Crippen molar-refractivity contribution in [2.24, 2.45) is 0 Å². The van der Waals surface area contributed by atoms with E-state index in [1.807, 2.05) is 24.3 Å². The molecule has 1 aromatic carbocycles. The molecule has 1 aliphatic rings. The van der Waals surface area contributed by atoms with Crippen LogP contribution in [0.1, 0.15) is 39.1 Å². The average molecular weight is 325 g/mol. The van der Waals surface area contributed by atoms with E-state index in [-0.39, 0.29) is 5.91 Å². The Morgan fingerprint density at radius 2 is 1.83 bits per heavy atom. The molecule has 0 radical (unpaired) electrons. The van der Waals surface area contributed by atoms with Gasteiger partial charge >= 0.3 is 5.97 Å². The van der Waals surface area contributed by atoms with Gasteiger partial charge < -0.3 is 15.4 Å². The number of carbonyl (C=O) groups is 2. The maximum atomic E-state index is 11.9. The van der Waals surface area contributed by atoms with Crippen LogP contribution < -0.4 is 10.6 Å². The van der Waals surface area contributed by atoms with E-state index in [9.17, 15) is 9.59 Å². The number of hydrogen-bond acceptors (Lipinski definition) is 5. The fourth-order valence-corrected chi connectivity index (χ4v) is 2.20. The Morgan fingerprint density at radius 3 is 2.42 bits per heavy atom. The Kier molecular flexibility index (Phi) is 4.74. The maximum Gasteiger partial charge on any atom is 0.339 e. The van der Waals surface area contributed by atoms with Crippen LogP contribution in [0.2, 0.25) is 0 Å². The van der Waals surface area contributed by atoms with Gasteiger partial charge in [-0.15, -0.1) is 0 Å². The van der Waals surface area contributed by atoms with E-state index in [1.54, 1.807) is 12.1 Å². The van der Waals surface area contributed by atoms with E-state index in [4.69, 9.17) is 0 Å². The van der Waals surface area contributed by atoms with Crippen molar-refractivity contribution in [2.75, 3.05) is 12.4 Å². The fraction of sp³-hybridized carbons (Fsp3) is 0.278. The molecule has 2 aromatic rings. The summed E-state index contributed by atoms with van der Waals surface area (Å²) in [5.74, 6) is 0.240. The van der Waals surface area contributed by atoms with E-state index in [0.717, 1.165) is 18.4 Å². The van der Waals surface area contributed by atoms with Crippen molar-refractivity contribution in [2.45, 2.75) is 25.4 Å². The average Bonchev–Trinajstić information content (AvgIpc) is 3.44. The number of benzene rings is 1. The zero-order valence-corrected chi connectivity index (χ0v) is 13.4. The normalized spacial score (nSPS) is 13.2. The molecule has 3 rings (SSSR count). The van der Waals surface area contributed by atoms with Gasteiger partial charge in [0.25, 0.3) is 5.91 Å². The summed E-state index contributed by atoms with van der Waals surface area (Å²) in [7, 11) is 1.34. The van der Waals surface area contributed by atoms with Crippen molar-refractivity contribution in [1.82, 2.24) is 10.3 Å². The van der Waals surface area contributed by atoms with Gasteiger partial charge in [0.05, 0.1) is 12.7 Å². The standard InChI is InChI=1S/C18H19N3O3/c1-24-18(23)14-6-9-16(20-11-14)19-10-12-2-4-13(5-3-12)17(22)21-15-7-8-15/h2-6,9,11,15H,7-8,10H2,1H3,(H,19,20)(H,21,22). The Morgan fingerprint density at radius 1 is 1.12 bits per heavy atom. The summed E-state index contributed by atoms with van der Waals surface area (Å²) in [6.45, 7) is 0.578. The van der Waals surface area contributed by atoms with Crippen LogP contribution in [-0.4, -0.2) is 30.0 Å². The number of ether oxygens (including phenoxy) is 1. The number of nitrogens with one attached hydrogen (secondary N) is 2. The molecule has 1 aliphatic carbocycles. The molecule has 0 saturated heterocycles. The van der Waals surface area contributed by atoms with E-state index in [2.05, 4.69) is 20.4 Å². The third-order valence-corrected chi connectivity index (χ3v) is 3.79. The van der Waals surface area contributed by atoms with Crippen LogP contribution in [0, 0.1) is 0 Å². The van der Waals surface area contributed by atoms with Gasteiger partial charge in [0.15, 0.2) is 0 Å². The van der Waals surface area contributed by atoms with Gasteiger partial charge in [-0.2, -0.15) is 0 Å². The van der Waals surface area contributed by atoms with E-state index in [1.165, 1.54) is 13.3 Å². The van der Waals surface area contributed by atoms with Gasteiger partial charge in [-0.05, 0) is 42.7 Å². The maximum absolute atomic E-state index is 11.9. The minimum Gasteiger partial charge on any atom is -0.465 e. The number of hydrogen-bond donors (Lipinski definition) is 2. The van der Waals surface area contributed by atoms with Crippen molar-refractivity contribution in [3.63, 3.8) is 0 Å². The van der Waals surface area contributed by atoms with Crippen molar-refractivity contribution in [3.05, 3.63) is 59.3 Å². The first-order valence-corrected chi connectivity index (χ1v) is 7.84. The van der Waals surface area contributed by atoms with Gasteiger partial charge in [0.1, 0.15) is 5.82 Å². The third kappa shape index (κ3) is 4.10. The van der Waals surface area contributed by atoms with Crippen molar-refractivity contribution >= 4 is 17.7 Å². The minimum atomic E-state index is -0.408. The van der Waals surface area contributed by atoms with Crippen molar-refractivity contribution in [1.29, 1.82) is 0 Å². The molecule has 0 unspecified atom stereocenters. The van der Waals surface area contributed by atoms with Gasteiger partial charge in [0, 0.05) is 24.3 Å². The van der Waals surface area contributed by atoms with Gasteiger partial charge in [-0.3, -0.25) is 4.79 Å². The number of esters is 1. The number of rotatable bonds is 6. The van der Waals surface area contributed by atoms with Gasteiger partial charge in [-0.25, -0.2) is 9.78 Å². The quantitative estimate of drug-likeness (QED) is 0.797. The van der Waals surface area contributed by atoms with E-state index >= 15 is 0 Å². The largest absolute Gasteiger partial charge is 0.465 e. The molecule has 0 atom stereocenters. The molecule has 0 aliphatic heterocycles. The Hall–Kier alpha value is -2.89. The van der Waals surface area contributed by atoms with Crippen LogP contribution in [0.3, 0.4) is 0 Å². The topological polar surface area (TPSA) is 80.3 Å². The summed E-state index contributed by atoms with van der Waals surface area (Å²) < 4.78 is 4.63. The summed E-state index contributed by atoms with van der Waals surface area (Å²) in [5.41, 5.74) is 2.12. The monoisotopic (exact) mass is 325 g/mol. The highest BCUT2D eigenvalue weighted by Gasteiger charge is 2.23. The van der Waals surface area contributed by atoms with Gasteiger partial charge in [-0.1, -0.05) is 12.1 Å². The first-order chi connectivity index (χ1) is 11.7. The lowest BCUT2D eigenvalue weighted by Gasteiger charge is -2.08. The number of pyridine rings is 1. The first-order valence-electron chi connectivity index (χ1n) is 7.84. The van der Waals surface area contributed by atoms with Crippen LogP contribution in [0.15, 0.2) is 42.6 Å². The van der Waals surface area contributed by atoms with E-state index in [0.29, 0.717) is 29.5 Å². The molecule has 1 amide bonds. The Bertz CT molecular complexity index is 722. The molecule has 6 nitrogen and oxygen atoms in total. The number of nitrogens with zero attached hydrogens (tertiary/aromatic N) is 1. The third-order valence-electron chi connectivity index (χ3n) is 3.79. The summed E-state index contributed by atoms with van der Waals surface area (Å²) >= 11 is 0. The van der Waals surface area contributed by atoms with Crippen LogP contribution in [0.25, 0.3) is 0 Å². The molecular weight excluding hydrogens is 306 g/mol. The number of anilines is 1. The number of carbonyl (C=O) groups excluding carboxylic acids is 2. The summed E-state index contributed by atoms with van der Waals surface area (Å²) in [6, 6.07) is 11.2. The lowest BCUT2D eigenvalue weighted by molar-refractivity contribution is 0.0600. The summed E-state index contributed by atoms with van der Waals surface area (Å²) in [5, 5.41) is 6.14. The van der Waals surface area contributed by atoms with E-state index < -0.39 is 5.97 Å². The van der Waals surface area contributed by atoms with Crippen molar-refractivity contribution < 1.29 is 14.3 Å². The number of methoxy groups -OCH3 is 1. The Balaban J connectivity index is 1.54. The highest BCUT2D eigenvalue weighted by atomic mass is 16.5. The predicted octanol–water partition coefficient (Wildman–Crippen LogP) is 2.37. The zero-order chi connectivity index (χ0) is 16.9. The second-order valence-electron chi connectivity index (χ2n) is 5.72. The molecule has 6 heteroatoms. The molecule has 124 valence electrons. The lowest BCUT2D eigenvalue weighted by atomic mass is 10.1. The molecular formula is C18H19N3O3. The molecule has 1 heterocycles. The molecule has 1 saturated carbocycles. The first kappa shape index (κ1) is 16.0. The highest BCUT2D eigenvalue weighted by molar-refractivity contribution is 5.94. The fourth-order valence-electron chi connectivity index (χ4n) is 2.20. The van der Waals surface area contributed by atoms with Crippen LogP contribution in [0.5, 0.6) is 0 Å².